The first-order valence-corrected chi connectivity index (χ1v) is 9.16. The molecule has 1 aliphatic heterocycles. The van der Waals surface area contributed by atoms with Gasteiger partial charge in [-0.2, -0.15) is 0 Å². The van der Waals surface area contributed by atoms with Crippen LogP contribution in [-0.4, -0.2) is 30.8 Å². The Morgan fingerprint density at radius 2 is 2.14 bits per heavy atom. The molecule has 0 saturated carbocycles. The van der Waals surface area contributed by atoms with Crippen molar-refractivity contribution in [3.8, 4) is 0 Å². The molecule has 6 heteroatoms. The summed E-state index contributed by atoms with van der Waals surface area (Å²) >= 11 is 0. The second-order valence-electron chi connectivity index (χ2n) is 6.06. The highest BCUT2D eigenvalue weighted by atomic mass is 32.2. The molecule has 1 aliphatic rings. The Bertz CT molecular complexity index is 780. The monoisotopic (exact) mass is 307 g/mol. The predicted octanol–water partition coefficient (Wildman–Crippen LogP) is 2.04. The molecule has 0 spiro atoms. The average molecular weight is 307 g/mol. The summed E-state index contributed by atoms with van der Waals surface area (Å²) in [4.78, 5) is 4.97. The zero-order valence-corrected chi connectivity index (χ0v) is 13.4. The Morgan fingerprint density at radius 3 is 2.81 bits per heavy atom. The van der Waals surface area contributed by atoms with E-state index in [4.69, 9.17) is 0 Å². The van der Waals surface area contributed by atoms with E-state index in [9.17, 15) is 8.42 Å². The van der Waals surface area contributed by atoms with Gasteiger partial charge in [-0.15, -0.1) is 0 Å². The Hall–Kier alpha value is -1.40. The van der Waals surface area contributed by atoms with Gasteiger partial charge in [-0.25, -0.2) is 13.4 Å². The van der Waals surface area contributed by atoms with Gasteiger partial charge < -0.3 is 9.88 Å². The van der Waals surface area contributed by atoms with E-state index in [-0.39, 0.29) is 6.04 Å². The molecule has 0 aliphatic carbocycles. The maximum atomic E-state index is 11.9. The van der Waals surface area contributed by atoms with Crippen molar-refractivity contribution in [1.82, 2.24) is 14.9 Å². The van der Waals surface area contributed by atoms with Crippen LogP contribution in [0.3, 0.4) is 0 Å². The first kappa shape index (κ1) is 14.5. The Labute approximate surface area is 125 Å². The minimum Gasteiger partial charge on any atom is -0.330 e. The normalized spacial score (nSPS) is 23.6. The average Bonchev–Trinajstić information content (AvgIpc) is 2.75. The number of piperidine rings is 1. The van der Waals surface area contributed by atoms with Gasteiger partial charge in [0.25, 0.3) is 0 Å². The molecule has 114 valence electrons. The molecular weight excluding hydrogens is 286 g/mol. The summed E-state index contributed by atoms with van der Waals surface area (Å²) in [5.74, 6) is 1.58. The molecule has 1 N–H and O–H groups in total. The number of sulfone groups is 1. The maximum Gasteiger partial charge on any atom is 0.177 e. The predicted molar refractivity (Wildman–Crippen MR) is 83.0 cm³/mol. The molecule has 2 atom stereocenters. The first-order chi connectivity index (χ1) is 9.88. The van der Waals surface area contributed by atoms with Gasteiger partial charge in [0.1, 0.15) is 11.3 Å². The number of rotatable bonds is 2. The lowest BCUT2D eigenvalue weighted by Crippen LogP contribution is -2.32. The van der Waals surface area contributed by atoms with Gasteiger partial charge >= 0.3 is 0 Å². The number of nitrogens with one attached hydrogen (secondary N) is 1. The van der Waals surface area contributed by atoms with Gasteiger partial charge in [0, 0.05) is 13.3 Å². The summed E-state index contributed by atoms with van der Waals surface area (Å²) in [6.07, 6.45) is 3.44. The van der Waals surface area contributed by atoms with Crippen LogP contribution >= 0.6 is 0 Å². The van der Waals surface area contributed by atoms with Crippen LogP contribution in [0.4, 0.5) is 0 Å². The molecule has 1 aromatic carbocycles. The van der Waals surface area contributed by atoms with E-state index in [1.165, 1.54) is 12.7 Å². The largest absolute Gasteiger partial charge is 0.330 e. The zero-order chi connectivity index (χ0) is 15.2. The number of hydrogen-bond donors (Lipinski definition) is 1. The van der Waals surface area contributed by atoms with E-state index >= 15 is 0 Å². The van der Waals surface area contributed by atoms with Crippen LogP contribution in [0.15, 0.2) is 23.1 Å². The number of hydrogen-bond acceptors (Lipinski definition) is 4. The molecule has 3 rings (SSSR count). The van der Waals surface area contributed by atoms with Gasteiger partial charge in [0.2, 0.25) is 0 Å². The molecule has 1 aromatic heterocycles. The smallest absolute Gasteiger partial charge is 0.177 e. The number of nitrogens with zero attached hydrogens (tertiary/aromatic N) is 2. The van der Waals surface area contributed by atoms with E-state index in [1.807, 2.05) is 17.7 Å². The number of imidazole rings is 1. The highest BCUT2D eigenvalue weighted by molar-refractivity contribution is 7.91. The summed E-state index contributed by atoms with van der Waals surface area (Å²) in [7, 11) is -1.31. The highest BCUT2D eigenvalue weighted by Gasteiger charge is 2.25. The first-order valence-electron chi connectivity index (χ1n) is 7.26. The van der Waals surface area contributed by atoms with Crippen LogP contribution in [0.5, 0.6) is 0 Å². The lowest BCUT2D eigenvalue weighted by molar-refractivity contribution is 0.312. The number of aryl methyl sites for hydroxylation is 1. The highest BCUT2D eigenvalue weighted by Crippen LogP contribution is 2.30. The summed E-state index contributed by atoms with van der Waals surface area (Å²) in [6, 6.07) is 5.53. The zero-order valence-electron chi connectivity index (χ0n) is 12.6. The molecule has 2 unspecified atom stereocenters. The summed E-state index contributed by atoms with van der Waals surface area (Å²) in [6.45, 7) is 3.23. The van der Waals surface area contributed by atoms with Crippen molar-refractivity contribution < 1.29 is 8.42 Å². The molecule has 21 heavy (non-hydrogen) atoms. The van der Waals surface area contributed by atoms with Gasteiger partial charge in [-0.1, -0.05) is 13.0 Å². The van der Waals surface area contributed by atoms with Gasteiger partial charge in [-0.05, 0) is 37.4 Å². The number of benzene rings is 1. The minimum atomic E-state index is -3.27. The molecule has 0 amide bonds. The van der Waals surface area contributed by atoms with E-state index in [1.54, 1.807) is 12.1 Å². The fourth-order valence-electron chi connectivity index (χ4n) is 3.12. The van der Waals surface area contributed by atoms with Crippen LogP contribution in [0.1, 0.15) is 31.6 Å². The third kappa shape index (κ3) is 2.58. The Kier molecular flexibility index (Phi) is 3.53. The van der Waals surface area contributed by atoms with E-state index in [2.05, 4.69) is 17.2 Å². The topological polar surface area (TPSA) is 64.0 Å². The van der Waals surface area contributed by atoms with Crippen LogP contribution in [0.2, 0.25) is 0 Å². The second-order valence-corrected chi connectivity index (χ2v) is 8.05. The maximum absolute atomic E-state index is 11.9. The lowest BCUT2D eigenvalue weighted by atomic mass is 9.94. The Balaban J connectivity index is 2.15. The van der Waals surface area contributed by atoms with Gasteiger partial charge in [-0.3, -0.25) is 0 Å². The molecule has 0 radical (unpaired) electrons. The van der Waals surface area contributed by atoms with Crippen molar-refractivity contribution in [3.05, 3.63) is 24.0 Å². The third-order valence-corrected chi connectivity index (χ3v) is 5.41. The van der Waals surface area contributed by atoms with Crippen molar-refractivity contribution in [1.29, 1.82) is 0 Å². The second kappa shape index (κ2) is 5.10. The number of aromatic nitrogens is 2. The number of para-hydroxylation sites is 1. The van der Waals surface area contributed by atoms with Gasteiger partial charge in [0.05, 0.1) is 16.5 Å². The van der Waals surface area contributed by atoms with Crippen molar-refractivity contribution in [3.63, 3.8) is 0 Å². The summed E-state index contributed by atoms with van der Waals surface area (Å²) < 4.78 is 25.9. The van der Waals surface area contributed by atoms with Gasteiger partial charge in [0.15, 0.2) is 9.84 Å². The van der Waals surface area contributed by atoms with Crippen molar-refractivity contribution in [2.45, 2.75) is 30.7 Å². The Morgan fingerprint density at radius 1 is 1.38 bits per heavy atom. The molecule has 1 saturated heterocycles. The lowest BCUT2D eigenvalue weighted by Gasteiger charge is -2.27. The van der Waals surface area contributed by atoms with Crippen LogP contribution in [0.25, 0.3) is 11.0 Å². The SMILES string of the molecule is CC1CCNC(c2nc3c(S(C)(=O)=O)cccc3n2C)C1. The summed E-state index contributed by atoms with van der Waals surface area (Å²) in [5.41, 5.74) is 1.45. The van der Waals surface area contributed by atoms with Crippen molar-refractivity contribution in [2.24, 2.45) is 13.0 Å². The molecule has 2 heterocycles. The van der Waals surface area contributed by atoms with E-state index < -0.39 is 9.84 Å². The molecule has 0 bridgehead atoms. The van der Waals surface area contributed by atoms with Crippen LogP contribution in [-0.2, 0) is 16.9 Å². The molecule has 5 nitrogen and oxygen atoms in total. The third-order valence-electron chi connectivity index (χ3n) is 4.29. The fraction of sp³-hybridized carbons (Fsp3) is 0.533. The van der Waals surface area contributed by atoms with Crippen LogP contribution in [0, 0.1) is 5.92 Å². The quantitative estimate of drug-likeness (QED) is 0.922. The molecule has 2 aromatic rings. The minimum absolute atomic E-state index is 0.193. The van der Waals surface area contributed by atoms with E-state index in [0.29, 0.717) is 16.3 Å². The number of fused-ring (bicyclic) bond motifs is 1. The van der Waals surface area contributed by atoms with Crippen molar-refractivity contribution in [2.75, 3.05) is 12.8 Å². The van der Waals surface area contributed by atoms with Crippen LogP contribution < -0.4 is 5.32 Å². The molecule has 1 fully saturated rings. The van der Waals surface area contributed by atoms with E-state index in [0.717, 1.165) is 24.3 Å². The fourth-order valence-corrected chi connectivity index (χ4v) is 3.95. The standard InChI is InChI=1S/C15H21N3O2S/c1-10-7-8-16-11(9-10)15-17-14-12(18(15)2)5-4-6-13(14)21(3,19)20/h4-6,10-11,16H,7-9H2,1-3H3. The summed E-state index contributed by atoms with van der Waals surface area (Å²) in [5, 5.41) is 3.49. The van der Waals surface area contributed by atoms with Crippen molar-refractivity contribution >= 4 is 20.9 Å². The molecular formula is C15H21N3O2S.